The van der Waals surface area contributed by atoms with Crippen molar-refractivity contribution in [2.24, 2.45) is 11.7 Å². The van der Waals surface area contributed by atoms with Crippen LogP contribution in [0.1, 0.15) is 41.3 Å². The summed E-state index contributed by atoms with van der Waals surface area (Å²) in [5.41, 5.74) is 9.23. The Bertz CT molecular complexity index is 514. The van der Waals surface area contributed by atoms with Gasteiger partial charge in [0, 0.05) is 37.8 Å². The number of carbonyl (C=O) groups is 1. The maximum absolute atomic E-state index is 12.7. The summed E-state index contributed by atoms with van der Waals surface area (Å²) in [6, 6.07) is 6.27. The van der Waals surface area contributed by atoms with Gasteiger partial charge in [0.2, 0.25) is 0 Å². The first-order valence-corrected chi connectivity index (χ1v) is 7.52. The number of nitrogens with one attached hydrogen (secondary N) is 1. The van der Waals surface area contributed by atoms with Crippen LogP contribution >= 0.6 is 0 Å². The molecule has 2 unspecified atom stereocenters. The minimum Gasteiger partial charge on any atom is -0.334 e. The van der Waals surface area contributed by atoms with Crippen LogP contribution < -0.4 is 11.1 Å². The summed E-state index contributed by atoms with van der Waals surface area (Å²) in [5.74, 6) is 0.805. The molecule has 20 heavy (non-hydrogen) atoms. The van der Waals surface area contributed by atoms with Crippen molar-refractivity contribution in [3.05, 3.63) is 34.9 Å². The van der Waals surface area contributed by atoms with Gasteiger partial charge in [0.25, 0.3) is 5.91 Å². The zero-order valence-corrected chi connectivity index (χ0v) is 12.1. The molecule has 0 saturated carbocycles. The standard InChI is InChI=1S/C16H23N3O/c1-11-4-5-19(15(6-11)8-17)16(20)12-2-3-13-9-18-10-14(13)7-12/h2-3,7,11,15,18H,4-6,8-10,17H2,1H3. The van der Waals surface area contributed by atoms with Gasteiger partial charge in [-0.1, -0.05) is 13.0 Å². The van der Waals surface area contributed by atoms with Gasteiger partial charge < -0.3 is 16.0 Å². The Morgan fingerprint density at radius 2 is 2.20 bits per heavy atom. The van der Waals surface area contributed by atoms with Crippen LogP contribution in [-0.2, 0) is 13.1 Å². The van der Waals surface area contributed by atoms with Gasteiger partial charge in [-0.3, -0.25) is 4.79 Å². The summed E-state index contributed by atoms with van der Waals surface area (Å²) in [6.07, 6.45) is 2.10. The van der Waals surface area contributed by atoms with E-state index in [9.17, 15) is 4.79 Å². The molecule has 2 aliphatic rings. The zero-order chi connectivity index (χ0) is 14.1. The highest BCUT2D eigenvalue weighted by atomic mass is 16.2. The number of hydrogen-bond acceptors (Lipinski definition) is 3. The maximum atomic E-state index is 12.7. The van der Waals surface area contributed by atoms with Crippen molar-refractivity contribution in [1.82, 2.24) is 10.2 Å². The second-order valence-corrected chi connectivity index (χ2v) is 6.10. The third-order valence-corrected chi connectivity index (χ3v) is 4.60. The average Bonchev–Trinajstić information content (AvgIpc) is 2.93. The lowest BCUT2D eigenvalue weighted by molar-refractivity contribution is 0.0573. The minimum atomic E-state index is 0.141. The second-order valence-electron chi connectivity index (χ2n) is 6.10. The van der Waals surface area contributed by atoms with E-state index in [0.29, 0.717) is 12.5 Å². The van der Waals surface area contributed by atoms with E-state index >= 15 is 0 Å². The Labute approximate surface area is 120 Å². The fourth-order valence-corrected chi connectivity index (χ4v) is 3.34. The molecule has 0 aromatic heterocycles. The first kappa shape index (κ1) is 13.6. The zero-order valence-electron chi connectivity index (χ0n) is 12.1. The van der Waals surface area contributed by atoms with Crippen molar-refractivity contribution >= 4 is 5.91 Å². The third kappa shape index (κ3) is 2.45. The molecule has 3 rings (SSSR count). The molecule has 1 amide bonds. The molecule has 1 aromatic rings. The van der Waals surface area contributed by atoms with Crippen LogP contribution in [0, 0.1) is 5.92 Å². The molecule has 0 radical (unpaired) electrons. The number of carbonyl (C=O) groups excluding carboxylic acids is 1. The Kier molecular flexibility index (Phi) is 3.76. The van der Waals surface area contributed by atoms with Crippen LogP contribution in [0.2, 0.25) is 0 Å². The maximum Gasteiger partial charge on any atom is 0.254 e. The molecule has 0 aliphatic carbocycles. The van der Waals surface area contributed by atoms with E-state index in [-0.39, 0.29) is 11.9 Å². The van der Waals surface area contributed by atoms with Gasteiger partial charge >= 0.3 is 0 Å². The molecule has 0 bridgehead atoms. The lowest BCUT2D eigenvalue weighted by atomic mass is 9.91. The highest BCUT2D eigenvalue weighted by molar-refractivity contribution is 5.94. The molecule has 4 heteroatoms. The van der Waals surface area contributed by atoms with E-state index in [1.807, 2.05) is 17.0 Å². The molecular weight excluding hydrogens is 250 g/mol. The number of nitrogens with zero attached hydrogens (tertiary/aromatic N) is 1. The van der Waals surface area contributed by atoms with E-state index in [1.54, 1.807) is 0 Å². The molecule has 4 nitrogen and oxygen atoms in total. The normalized spacial score (nSPS) is 25.6. The summed E-state index contributed by atoms with van der Waals surface area (Å²) in [5, 5.41) is 3.31. The highest BCUT2D eigenvalue weighted by Crippen LogP contribution is 2.25. The highest BCUT2D eigenvalue weighted by Gasteiger charge is 2.29. The summed E-state index contributed by atoms with van der Waals surface area (Å²) in [4.78, 5) is 14.7. The molecule has 0 spiro atoms. The van der Waals surface area contributed by atoms with E-state index in [1.165, 1.54) is 11.1 Å². The Hall–Kier alpha value is -1.39. The molecule has 1 fully saturated rings. The molecule has 2 atom stereocenters. The number of rotatable bonds is 2. The van der Waals surface area contributed by atoms with Crippen LogP contribution in [-0.4, -0.2) is 29.9 Å². The Balaban J connectivity index is 1.81. The van der Waals surface area contributed by atoms with Gasteiger partial charge in [0.15, 0.2) is 0 Å². The first-order chi connectivity index (χ1) is 9.69. The van der Waals surface area contributed by atoms with E-state index in [0.717, 1.165) is 38.0 Å². The summed E-state index contributed by atoms with van der Waals surface area (Å²) in [6.45, 7) is 5.41. The van der Waals surface area contributed by atoms with Gasteiger partial charge in [-0.25, -0.2) is 0 Å². The van der Waals surface area contributed by atoms with Crippen LogP contribution in [0.5, 0.6) is 0 Å². The SMILES string of the molecule is CC1CCN(C(=O)c2ccc3c(c2)CNC3)C(CN)C1. The van der Waals surface area contributed by atoms with Gasteiger partial charge in [-0.05, 0) is 42.0 Å². The van der Waals surface area contributed by atoms with Crippen molar-refractivity contribution < 1.29 is 4.79 Å². The van der Waals surface area contributed by atoms with Crippen molar-refractivity contribution in [3.63, 3.8) is 0 Å². The molecule has 2 heterocycles. The van der Waals surface area contributed by atoms with Gasteiger partial charge in [-0.15, -0.1) is 0 Å². The number of benzene rings is 1. The molecule has 1 aromatic carbocycles. The average molecular weight is 273 g/mol. The van der Waals surface area contributed by atoms with Crippen molar-refractivity contribution in [1.29, 1.82) is 0 Å². The van der Waals surface area contributed by atoms with Crippen LogP contribution in [0.4, 0.5) is 0 Å². The number of fused-ring (bicyclic) bond motifs is 1. The fourth-order valence-electron chi connectivity index (χ4n) is 3.34. The fraction of sp³-hybridized carbons (Fsp3) is 0.562. The lowest BCUT2D eigenvalue weighted by Crippen LogP contribution is -2.49. The number of amides is 1. The predicted octanol–water partition coefficient (Wildman–Crippen LogP) is 1.49. The van der Waals surface area contributed by atoms with Crippen LogP contribution in [0.25, 0.3) is 0 Å². The number of piperidine rings is 1. The quantitative estimate of drug-likeness (QED) is 0.858. The summed E-state index contributed by atoms with van der Waals surface area (Å²) < 4.78 is 0. The summed E-state index contributed by atoms with van der Waals surface area (Å²) >= 11 is 0. The smallest absolute Gasteiger partial charge is 0.254 e. The first-order valence-electron chi connectivity index (χ1n) is 7.52. The third-order valence-electron chi connectivity index (χ3n) is 4.60. The molecule has 3 N–H and O–H groups in total. The van der Waals surface area contributed by atoms with Crippen LogP contribution in [0.15, 0.2) is 18.2 Å². The molecule has 1 saturated heterocycles. The van der Waals surface area contributed by atoms with Crippen molar-refractivity contribution in [2.75, 3.05) is 13.1 Å². The van der Waals surface area contributed by atoms with E-state index < -0.39 is 0 Å². The number of nitrogens with two attached hydrogens (primary N) is 1. The van der Waals surface area contributed by atoms with Gasteiger partial charge in [-0.2, -0.15) is 0 Å². The Morgan fingerprint density at radius 1 is 1.40 bits per heavy atom. The lowest BCUT2D eigenvalue weighted by Gasteiger charge is -2.38. The molecule has 108 valence electrons. The minimum absolute atomic E-state index is 0.141. The monoisotopic (exact) mass is 273 g/mol. The second kappa shape index (κ2) is 5.54. The van der Waals surface area contributed by atoms with Crippen LogP contribution in [0.3, 0.4) is 0 Å². The largest absolute Gasteiger partial charge is 0.334 e. The topological polar surface area (TPSA) is 58.4 Å². The van der Waals surface area contributed by atoms with Gasteiger partial charge in [0.05, 0.1) is 0 Å². The van der Waals surface area contributed by atoms with Gasteiger partial charge in [0.1, 0.15) is 0 Å². The van der Waals surface area contributed by atoms with Crippen molar-refractivity contribution in [3.8, 4) is 0 Å². The molecule has 2 aliphatic heterocycles. The Morgan fingerprint density at radius 3 is 3.00 bits per heavy atom. The van der Waals surface area contributed by atoms with E-state index in [2.05, 4.69) is 18.3 Å². The predicted molar refractivity (Wildman–Crippen MR) is 79.3 cm³/mol. The molecular formula is C16H23N3O. The summed E-state index contributed by atoms with van der Waals surface area (Å²) in [7, 11) is 0. The number of likely N-dealkylation sites (tertiary alicyclic amines) is 1. The van der Waals surface area contributed by atoms with Crippen molar-refractivity contribution in [2.45, 2.75) is 38.9 Å². The van der Waals surface area contributed by atoms with E-state index in [4.69, 9.17) is 5.73 Å². The number of hydrogen-bond donors (Lipinski definition) is 2.